The molecule has 0 heterocycles. The monoisotopic (exact) mass is 296 g/mol. The number of nitro groups is 1. The normalized spacial score (nSPS) is 13.6. The highest BCUT2D eigenvalue weighted by Gasteiger charge is 2.23. The molecule has 0 unspecified atom stereocenters. The lowest BCUT2D eigenvalue weighted by Gasteiger charge is -2.10. The predicted octanol–water partition coefficient (Wildman–Crippen LogP) is 3.80. The number of anilines is 1. The van der Waals surface area contributed by atoms with Crippen LogP contribution >= 0.6 is 0 Å². The number of amides is 1. The second kappa shape index (κ2) is 5.97. The Kier molecular flexibility index (Phi) is 3.87. The number of nitrogens with zero attached hydrogens (tertiary/aromatic N) is 1. The van der Waals surface area contributed by atoms with E-state index in [1.807, 2.05) is 24.3 Å². The van der Waals surface area contributed by atoms with E-state index >= 15 is 0 Å². The first-order valence-electron chi connectivity index (χ1n) is 7.27. The van der Waals surface area contributed by atoms with Gasteiger partial charge >= 0.3 is 0 Å². The summed E-state index contributed by atoms with van der Waals surface area (Å²) in [6.07, 6.45) is 3.49. The molecule has 1 N–H and O–H groups in total. The van der Waals surface area contributed by atoms with Crippen molar-refractivity contribution in [2.45, 2.75) is 19.3 Å². The fourth-order valence-corrected chi connectivity index (χ4v) is 2.38. The van der Waals surface area contributed by atoms with Gasteiger partial charge in [0, 0.05) is 23.4 Å². The molecule has 5 heteroatoms. The molecule has 22 heavy (non-hydrogen) atoms. The van der Waals surface area contributed by atoms with Crippen LogP contribution in [0.3, 0.4) is 0 Å². The largest absolute Gasteiger partial charge is 0.322 e. The lowest BCUT2D eigenvalue weighted by molar-refractivity contribution is -0.384. The standard InChI is InChI=1S/C17H16N2O3/c20-17(13-7-9-15(10-8-13)19(21)22)18-16-4-2-1-3-14(16)11-12-5-6-12/h1-4,7-10,12H,5-6,11H2,(H,18,20). The van der Waals surface area contributed by atoms with Crippen molar-refractivity contribution in [3.05, 3.63) is 69.8 Å². The van der Waals surface area contributed by atoms with Crippen LogP contribution in [-0.2, 0) is 6.42 Å². The first-order valence-corrected chi connectivity index (χ1v) is 7.27. The molecule has 112 valence electrons. The molecule has 1 aliphatic rings. The van der Waals surface area contributed by atoms with Crippen LogP contribution in [0.5, 0.6) is 0 Å². The molecule has 0 aliphatic heterocycles. The van der Waals surface area contributed by atoms with Gasteiger partial charge in [-0.15, -0.1) is 0 Å². The number of benzene rings is 2. The van der Waals surface area contributed by atoms with Gasteiger partial charge in [0.15, 0.2) is 0 Å². The van der Waals surface area contributed by atoms with Gasteiger partial charge in [-0.05, 0) is 48.9 Å². The molecule has 2 aromatic rings. The smallest absolute Gasteiger partial charge is 0.269 e. The number of para-hydroxylation sites is 1. The van der Waals surface area contributed by atoms with Crippen molar-refractivity contribution in [1.82, 2.24) is 0 Å². The van der Waals surface area contributed by atoms with Gasteiger partial charge in [0.2, 0.25) is 0 Å². The Morgan fingerprint density at radius 1 is 1.14 bits per heavy atom. The Bertz CT molecular complexity index is 706. The quantitative estimate of drug-likeness (QED) is 0.673. The van der Waals surface area contributed by atoms with Gasteiger partial charge in [0.1, 0.15) is 0 Å². The number of carbonyl (C=O) groups excluding carboxylic acids is 1. The van der Waals surface area contributed by atoms with E-state index in [-0.39, 0.29) is 11.6 Å². The third-order valence-corrected chi connectivity index (χ3v) is 3.81. The third kappa shape index (κ3) is 3.31. The molecule has 1 fully saturated rings. The second-order valence-electron chi connectivity index (χ2n) is 5.56. The van der Waals surface area contributed by atoms with Crippen LogP contribution in [-0.4, -0.2) is 10.8 Å². The maximum atomic E-state index is 12.3. The van der Waals surface area contributed by atoms with Gasteiger partial charge in [-0.2, -0.15) is 0 Å². The number of nitro benzene ring substituents is 1. The highest BCUT2D eigenvalue weighted by Crippen LogP contribution is 2.34. The van der Waals surface area contributed by atoms with Gasteiger partial charge in [-0.25, -0.2) is 0 Å². The molecule has 0 radical (unpaired) electrons. The summed E-state index contributed by atoms with van der Waals surface area (Å²) in [5.74, 6) is 0.482. The van der Waals surface area contributed by atoms with Crippen molar-refractivity contribution in [2.24, 2.45) is 5.92 Å². The van der Waals surface area contributed by atoms with Gasteiger partial charge in [0.25, 0.3) is 11.6 Å². The second-order valence-corrected chi connectivity index (χ2v) is 5.56. The van der Waals surface area contributed by atoms with Crippen molar-refractivity contribution >= 4 is 17.3 Å². The number of non-ortho nitro benzene ring substituents is 1. The highest BCUT2D eigenvalue weighted by molar-refractivity contribution is 6.04. The van der Waals surface area contributed by atoms with E-state index in [1.165, 1.54) is 37.1 Å². The number of rotatable bonds is 5. The van der Waals surface area contributed by atoms with Crippen LogP contribution < -0.4 is 5.32 Å². The van der Waals surface area contributed by atoms with Gasteiger partial charge in [-0.1, -0.05) is 18.2 Å². The zero-order valence-corrected chi connectivity index (χ0v) is 12.0. The van der Waals surface area contributed by atoms with Gasteiger partial charge < -0.3 is 5.32 Å². The van der Waals surface area contributed by atoms with Crippen LogP contribution in [0.1, 0.15) is 28.8 Å². The zero-order valence-electron chi connectivity index (χ0n) is 12.0. The van der Waals surface area contributed by atoms with E-state index < -0.39 is 4.92 Å². The number of hydrogen-bond acceptors (Lipinski definition) is 3. The molecule has 0 saturated heterocycles. The van der Waals surface area contributed by atoms with Crippen LogP contribution in [0.25, 0.3) is 0 Å². The van der Waals surface area contributed by atoms with Crippen LogP contribution in [0.15, 0.2) is 48.5 Å². The van der Waals surface area contributed by atoms with Crippen LogP contribution in [0.2, 0.25) is 0 Å². The topological polar surface area (TPSA) is 72.2 Å². The first kappa shape index (κ1) is 14.3. The molecule has 0 bridgehead atoms. The maximum absolute atomic E-state index is 12.3. The summed E-state index contributed by atoms with van der Waals surface area (Å²) in [5, 5.41) is 13.5. The van der Waals surface area contributed by atoms with E-state index in [2.05, 4.69) is 5.32 Å². The Labute approximate surface area is 128 Å². The lowest BCUT2D eigenvalue weighted by Crippen LogP contribution is -2.13. The van der Waals surface area contributed by atoms with E-state index in [9.17, 15) is 14.9 Å². The molecule has 1 aliphatic carbocycles. The van der Waals surface area contributed by atoms with Crippen molar-refractivity contribution in [3.8, 4) is 0 Å². The summed E-state index contributed by atoms with van der Waals surface area (Å²) in [6.45, 7) is 0. The van der Waals surface area contributed by atoms with Crippen molar-refractivity contribution < 1.29 is 9.72 Å². The fourth-order valence-electron chi connectivity index (χ4n) is 2.38. The predicted molar refractivity (Wildman–Crippen MR) is 83.9 cm³/mol. The maximum Gasteiger partial charge on any atom is 0.269 e. The molecule has 1 saturated carbocycles. The molecule has 3 rings (SSSR count). The Balaban J connectivity index is 1.74. The third-order valence-electron chi connectivity index (χ3n) is 3.81. The molecule has 0 aromatic heterocycles. The zero-order chi connectivity index (χ0) is 15.5. The van der Waals surface area contributed by atoms with E-state index in [4.69, 9.17) is 0 Å². The average molecular weight is 296 g/mol. The minimum Gasteiger partial charge on any atom is -0.322 e. The number of nitrogens with one attached hydrogen (secondary N) is 1. The minimum atomic E-state index is -0.480. The first-order chi connectivity index (χ1) is 10.6. The van der Waals surface area contributed by atoms with Crippen LogP contribution in [0, 0.1) is 16.0 Å². The average Bonchev–Trinajstić information content (AvgIpc) is 3.33. The summed E-state index contributed by atoms with van der Waals surface area (Å²) >= 11 is 0. The molecular formula is C17H16N2O3. The Hall–Kier alpha value is -2.69. The number of carbonyl (C=O) groups is 1. The van der Waals surface area contributed by atoms with Crippen molar-refractivity contribution in [3.63, 3.8) is 0 Å². The molecular weight excluding hydrogens is 280 g/mol. The van der Waals surface area contributed by atoms with E-state index in [0.29, 0.717) is 5.56 Å². The lowest BCUT2D eigenvalue weighted by atomic mass is 10.1. The molecule has 0 atom stereocenters. The summed E-state index contributed by atoms with van der Waals surface area (Å²) in [6, 6.07) is 13.4. The molecule has 1 amide bonds. The summed E-state index contributed by atoms with van der Waals surface area (Å²) in [4.78, 5) is 22.4. The summed E-state index contributed by atoms with van der Waals surface area (Å²) in [7, 11) is 0. The highest BCUT2D eigenvalue weighted by atomic mass is 16.6. The van der Waals surface area contributed by atoms with Gasteiger partial charge in [-0.3, -0.25) is 14.9 Å². The SMILES string of the molecule is O=C(Nc1ccccc1CC1CC1)c1ccc([N+](=O)[O-])cc1. The molecule has 0 spiro atoms. The Morgan fingerprint density at radius 3 is 2.45 bits per heavy atom. The summed E-state index contributed by atoms with van der Waals surface area (Å²) < 4.78 is 0. The summed E-state index contributed by atoms with van der Waals surface area (Å²) in [5.41, 5.74) is 2.34. The van der Waals surface area contributed by atoms with Gasteiger partial charge in [0.05, 0.1) is 4.92 Å². The molecule has 2 aromatic carbocycles. The minimum absolute atomic E-state index is 0.0225. The number of hydrogen-bond donors (Lipinski definition) is 1. The van der Waals surface area contributed by atoms with Crippen molar-refractivity contribution in [1.29, 1.82) is 0 Å². The van der Waals surface area contributed by atoms with Crippen molar-refractivity contribution in [2.75, 3.05) is 5.32 Å². The van der Waals surface area contributed by atoms with E-state index in [0.717, 1.165) is 23.6 Å². The van der Waals surface area contributed by atoms with E-state index in [1.54, 1.807) is 0 Å². The fraction of sp³-hybridized carbons (Fsp3) is 0.235. The Morgan fingerprint density at radius 2 is 1.82 bits per heavy atom. The van der Waals surface area contributed by atoms with Crippen LogP contribution in [0.4, 0.5) is 11.4 Å². The molecule has 5 nitrogen and oxygen atoms in total.